The summed E-state index contributed by atoms with van der Waals surface area (Å²) < 4.78 is 1.93. The number of nitrogens with two attached hydrogens (primary N) is 1. The van der Waals surface area contributed by atoms with Gasteiger partial charge in [0.25, 0.3) is 5.91 Å². The third-order valence-electron chi connectivity index (χ3n) is 4.07. The van der Waals surface area contributed by atoms with E-state index in [1.54, 1.807) is 6.07 Å². The summed E-state index contributed by atoms with van der Waals surface area (Å²) in [5.41, 5.74) is 7.10. The summed E-state index contributed by atoms with van der Waals surface area (Å²) in [4.78, 5) is 14.7. The first-order chi connectivity index (χ1) is 10.1. The molecule has 21 heavy (non-hydrogen) atoms. The minimum absolute atomic E-state index is 0.0322. The van der Waals surface area contributed by atoms with E-state index >= 15 is 0 Å². The van der Waals surface area contributed by atoms with Gasteiger partial charge in [0.2, 0.25) is 0 Å². The van der Waals surface area contributed by atoms with E-state index in [1.807, 2.05) is 24.6 Å². The van der Waals surface area contributed by atoms with Crippen molar-refractivity contribution in [2.75, 3.05) is 31.9 Å². The number of rotatable bonds is 5. The van der Waals surface area contributed by atoms with Gasteiger partial charge in [-0.15, -0.1) is 0 Å². The second-order valence-corrected chi connectivity index (χ2v) is 6.17. The van der Waals surface area contributed by atoms with Crippen molar-refractivity contribution in [2.45, 2.75) is 45.6 Å². The highest BCUT2D eigenvalue weighted by Gasteiger charge is 2.15. The summed E-state index contributed by atoms with van der Waals surface area (Å²) >= 11 is 0. The van der Waals surface area contributed by atoms with Crippen LogP contribution in [0.2, 0.25) is 0 Å². The molecule has 1 aromatic heterocycles. The lowest BCUT2D eigenvalue weighted by molar-refractivity contribution is 0.0937. The Balaban J connectivity index is 1.84. The van der Waals surface area contributed by atoms with Crippen molar-refractivity contribution >= 4 is 11.6 Å². The number of hydrogen-bond donors (Lipinski definition) is 2. The maximum absolute atomic E-state index is 12.3. The van der Waals surface area contributed by atoms with E-state index in [2.05, 4.69) is 10.2 Å². The molecule has 0 bridgehead atoms. The monoisotopic (exact) mass is 292 g/mol. The van der Waals surface area contributed by atoms with E-state index in [-0.39, 0.29) is 11.9 Å². The summed E-state index contributed by atoms with van der Waals surface area (Å²) in [6.07, 6.45) is 7.06. The lowest BCUT2D eigenvalue weighted by atomic mass is 10.2. The van der Waals surface area contributed by atoms with Crippen LogP contribution in [-0.4, -0.2) is 41.6 Å². The number of nitrogen functional groups attached to an aromatic ring is 1. The molecule has 1 amide bonds. The molecule has 1 saturated heterocycles. The quantitative estimate of drug-likeness (QED) is 0.875. The molecule has 2 rings (SSSR count). The molecule has 1 aromatic rings. The fourth-order valence-corrected chi connectivity index (χ4v) is 2.89. The highest BCUT2D eigenvalue weighted by atomic mass is 16.1. The highest BCUT2D eigenvalue weighted by molar-refractivity contribution is 5.93. The minimum Gasteiger partial charge on any atom is -0.397 e. The van der Waals surface area contributed by atoms with Crippen molar-refractivity contribution in [3.05, 3.63) is 18.0 Å². The van der Waals surface area contributed by atoms with Crippen LogP contribution in [0.15, 0.2) is 12.3 Å². The topological polar surface area (TPSA) is 63.3 Å². The van der Waals surface area contributed by atoms with Crippen molar-refractivity contribution in [1.29, 1.82) is 0 Å². The normalized spacial score (nSPS) is 16.9. The van der Waals surface area contributed by atoms with Crippen LogP contribution in [0.1, 0.15) is 56.1 Å². The maximum atomic E-state index is 12.3. The molecular formula is C16H28N4O. The first-order valence-electron chi connectivity index (χ1n) is 8.06. The van der Waals surface area contributed by atoms with E-state index < -0.39 is 0 Å². The summed E-state index contributed by atoms with van der Waals surface area (Å²) in [5, 5.41) is 3.02. The highest BCUT2D eigenvalue weighted by Crippen LogP contribution is 2.16. The molecule has 5 nitrogen and oxygen atoms in total. The number of anilines is 1. The van der Waals surface area contributed by atoms with E-state index in [0.717, 1.165) is 19.6 Å². The van der Waals surface area contributed by atoms with E-state index in [4.69, 9.17) is 5.73 Å². The van der Waals surface area contributed by atoms with Gasteiger partial charge in [0.05, 0.1) is 5.69 Å². The van der Waals surface area contributed by atoms with Gasteiger partial charge < -0.3 is 20.5 Å². The van der Waals surface area contributed by atoms with Crippen LogP contribution >= 0.6 is 0 Å². The lowest BCUT2D eigenvalue weighted by Crippen LogP contribution is -2.36. The number of carbonyl (C=O) groups is 1. The largest absolute Gasteiger partial charge is 0.397 e. The molecule has 0 saturated carbocycles. The van der Waals surface area contributed by atoms with Crippen molar-refractivity contribution in [1.82, 2.24) is 14.8 Å². The average Bonchev–Trinajstić information content (AvgIpc) is 2.67. The van der Waals surface area contributed by atoms with Crippen LogP contribution < -0.4 is 11.1 Å². The molecule has 0 unspecified atom stereocenters. The Morgan fingerprint density at radius 3 is 2.57 bits per heavy atom. The van der Waals surface area contributed by atoms with Gasteiger partial charge >= 0.3 is 0 Å². The van der Waals surface area contributed by atoms with Gasteiger partial charge in [0.1, 0.15) is 5.69 Å². The molecule has 1 fully saturated rings. The van der Waals surface area contributed by atoms with Crippen LogP contribution in [0.4, 0.5) is 5.69 Å². The molecule has 0 aromatic carbocycles. The number of likely N-dealkylation sites (tertiary alicyclic amines) is 1. The molecule has 0 radical (unpaired) electrons. The van der Waals surface area contributed by atoms with Gasteiger partial charge in [-0.3, -0.25) is 4.79 Å². The third kappa shape index (κ3) is 4.49. The van der Waals surface area contributed by atoms with Gasteiger partial charge in [0, 0.05) is 25.3 Å². The predicted molar refractivity (Wildman–Crippen MR) is 86.5 cm³/mol. The number of carbonyl (C=O) groups excluding carboxylic acids is 1. The van der Waals surface area contributed by atoms with Crippen molar-refractivity contribution in [3.8, 4) is 0 Å². The molecular weight excluding hydrogens is 264 g/mol. The van der Waals surface area contributed by atoms with Gasteiger partial charge in [-0.05, 0) is 45.8 Å². The first-order valence-corrected chi connectivity index (χ1v) is 8.06. The second kappa shape index (κ2) is 7.50. The maximum Gasteiger partial charge on any atom is 0.268 e. The summed E-state index contributed by atoms with van der Waals surface area (Å²) in [6, 6.07) is 1.98. The molecule has 118 valence electrons. The Morgan fingerprint density at radius 2 is 1.95 bits per heavy atom. The van der Waals surface area contributed by atoms with Crippen LogP contribution in [0.3, 0.4) is 0 Å². The Kier molecular flexibility index (Phi) is 5.67. The van der Waals surface area contributed by atoms with Gasteiger partial charge in [-0.25, -0.2) is 0 Å². The number of nitrogens with zero attached hydrogens (tertiary/aromatic N) is 2. The first kappa shape index (κ1) is 15.9. The van der Waals surface area contributed by atoms with Crippen LogP contribution in [0.25, 0.3) is 0 Å². The predicted octanol–water partition coefficient (Wildman–Crippen LogP) is 2.26. The number of hydrogen-bond acceptors (Lipinski definition) is 3. The van der Waals surface area contributed by atoms with Gasteiger partial charge in [-0.1, -0.05) is 12.8 Å². The van der Waals surface area contributed by atoms with E-state index in [9.17, 15) is 4.79 Å². The molecule has 0 spiro atoms. The Morgan fingerprint density at radius 1 is 1.29 bits per heavy atom. The fourth-order valence-electron chi connectivity index (χ4n) is 2.89. The van der Waals surface area contributed by atoms with E-state index in [1.165, 1.54) is 25.7 Å². The molecule has 5 heteroatoms. The molecule has 0 atom stereocenters. The van der Waals surface area contributed by atoms with Crippen LogP contribution in [-0.2, 0) is 0 Å². The third-order valence-corrected chi connectivity index (χ3v) is 4.07. The minimum atomic E-state index is -0.0322. The van der Waals surface area contributed by atoms with Crippen LogP contribution in [0.5, 0.6) is 0 Å². The van der Waals surface area contributed by atoms with Crippen molar-refractivity contribution < 1.29 is 4.79 Å². The smallest absolute Gasteiger partial charge is 0.268 e. The Hall–Kier alpha value is -1.49. The Bertz CT molecular complexity index is 459. The molecule has 3 N–H and O–H groups in total. The SMILES string of the molecule is CC(C)n1cc(N)cc1C(=O)NCCN1CCCCCC1. The zero-order valence-electron chi connectivity index (χ0n) is 13.3. The molecule has 1 aliphatic rings. The molecule has 2 heterocycles. The number of aromatic nitrogens is 1. The standard InChI is InChI=1S/C16H28N4O/c1-13(2)20-12-14(17)11-15(20)16(21)18-7-10-19-8-5-3-4-6-9-19/h11-13H,3-10,17H2,1-2H3,(H,18,21). The van der Waals surface area contributed by atoms with Gasteiger partial charge in [0.15, 0.2) is 0 Å². The molecule has 1 aliphatic heterocycles. The van der Waals surface area contributed by atoms with E-state index in [0.29, 0.717) is 17.9 Å². The average molecular weight is 292 g/mol. The zero-order chi connectivity index (χ0) is 15.2. The lowest BCUT2D eigenvalue weighted by Gasteiger charge is -2.20. The summed E-state index contributed by atoms with van der Waals surface area (Å²) in [5.74, 6) is -0.0322. The van der Waals surface area contributed by atoms with Gasteiger partial charge in [-0.2, -0.15) is 0 Å². The fraction of sp³-hybridized carbons (Fsp3) is 0.688. The number of nitrogens with one attached hydrogen (secondary N) is 1. The second-order valence-electron chi connectivity index (χ2n) is 6.17. The number of amides is 1. The molecule has 0 aliphatic carbocycles. The van der Waals surface area contributed by atoms with Crippen molar-refractivity contribution in [3.63, 3.8) is 0 Å². The van der Waals surface area contributed by atoms with Crippen LogP contribution in [0, 0.1) is 0 Å². The Labute approximate surface area is 127 Å². The summed E-state index contributed by atoms with van der Waals surface area (Å²) in [6.45, 7) is 8.04. The zero-order valence-corrected chi connectivity index (χ0v) is 13.3. The van der Waals surface area contributed by atoms with Crippen molar-refractivity contribution in [2.24, 2.45) is 0 Å². The summed E-state index contributed by atoms with van der Waals surface area (Å²) in [7, 11) is 0.